The van der Waals surface area contributed by atoms with Crippen molar-refractivity contribution in [1.29, 1.82) is 0 Å². The molecular formula is C21H22N2O4. The number of ether oxygens (including phenoxy) is 3. The fourth-order valence-corrected chi connectivity index (χ4v) is 3.32. The molecule has 6 heteroatoms. The zero-order chi connectivity index (χ0) is 19.0. The van der Waals surface area contributed by atoms with Crippen molar-refractivity contribution in [1.82, 2.24) is 10.3 Å². The first-order chi connectivity index (χ1) is 13.0. The maximum Gasteiger partial charge on any atom is 0.231 e. The van der Waals surface area contributed by atoms with Gasteiger partial charge in [0.1, 0.15) is 5.75 Å². The molecule has 1 aliphatic rings. The van der Waals surface area contributed by atoms with E-state index in [4.69, 9.17) is 14.2 Å². The first-order valence-electron chi connectivity index (χ1n) is 8.81. The Bertz CT molecular complexity index is 1010. The van der Waals surface area contributed by atoms with E-state index < -0.39 is 5.41 Å². The normalized spacial score (nSPS) is 13.0. The second kappa shape index (κ2) is 6.54. The highest BCUT2D eigenvalue weighted by Gasteiger charge is 2.32. The molecule has 2 heterocycles. The Balaban J connectivity index is 1.54. The average Bonchev–Trinajstić information content (AvgIpc) is 3.31. The second-order valence-electron chi connectivity index (χ2n) is 7.11. The Morgan fingerprint density at radius 3 is 2.81 bits per heavy atom. The largest absolute Gasteiger partial charge is 0.497 e. The number of hydrogen-bond donors (Lipinski definition) is 2. The van der Waals surface area contributed by atoms with Gasteiger partial charge >= 0.3 is 0 Å². The van der Waals surface area contributed by atoms with Gasteiger partial charge in [-0.25, -0.2) is 0 Å². The fourth-order valence-electron chi connectivity index (χ4n) is 3.32. The molecule has 0 saturated heterocycles. The van der Waals surface area contributed by atoms with E-state index in [0.29, 0.717) is 12.3 Å². The summed E-state index contributed by atoms with van der Waals surface area (Å²) in [5.41, 5.74) is 2.16. The van der Waals surface area contributed by atoms with Gasteiger partial charge in [0.25, 0.3) is 0 Å². The van der Waals surface area contributed by atoms with E-state index in [9.17, 15) is 4.79 Å². The van der Waals surface area contributed by atoms with Gasteiger partial charge in [0.2, 0.25) is 12.7 Å². The molecule has 0 atom stereocenters. The number of carbonyl (C=O) groups is 1. The molecular weight excluding hydrogens is 344 g/mol. The lowest BCUT2D eigenvalue weighted by Gasteiger charge is -2.23. The molecule has 140 valence electrons. The minimum absolute atomic E-state index is 0.0520. The van der Waals surface area contributed by atoms with Crippen LogP contribution in [0.1, 0.15) is 25.0 Å². The van der Waals surface area contributed by atoms with Crippen molar-refractivity contribution >= 4 is 16.8 Å². The monoisotopic (exact) mass is 366 g/mol. The van der Waals surface area contributed by atoms with Crippen molar-refractivity contribution < 1.29 is 19.0 Å². The number of nitrogens with one attached hydrogen (secondary N) is 2. The van der Waals surface area contributed by atoms with Gasteiger partial charge in [-0.2, -0.15) is 0 Å². The van der Waals surface area contributed by atoms with Crippen LogP contribution in [0, 0.1) is 0 Å². The zero-order valence-corrected chi connectivity index (χ0v) is 15.6. The smallest absolute Gasteiger partial charge is 0.231 e. The number of hydrogen-bond acceptors (Lipinski definition) is 4. The number of rotatable bonds is 5. The number of methoxy groups -OCH3 is 1. The van der Waals surface area contributed by atoms with Gasteiger partial charge in [0, 0.05) is 23.6 Å². The van der Waals surface area contributed by atoms with Crippen molar-refractivity contribution in [3.8, 4) is 17.2 Å². The van der Waals surface area contributed by atoms with E-state index in [2.05, 4.69) is 10.3 Å². The van der Waals surface area contributed by atoms with Gasteiger partial charge in [-0.15, -0.1) is 0 Å². The van der Waals surface area contributed by atoms with E-state index in [1.165, 1.54) is 0 Å². The first-order valence-corrected chi connectivity index (χ1v) is 8.81. The van der Waals surface area contributed by atoms with Gasteiger partial charge < -0.3 is 24.5 Å². The molecule has 4 rings (SSSR count). The quantitative estimate of drug-likeness (QED) is 0.725. The number of aromatic nitrogens is 1. The van der Waals surface area contributed by atoms with Crippen LogP contribution in [0.15, 0.2) is 42.6 Å². The lowest BCUT2D eigenvalue weighted by Crippen LogP contribution is -2.39. The highest BCUT2D eigenvalue weighted by molar-refractivity contribution is 5.95. The van der Waals surface area contributed by atoms with E-state index >= 15 is 0 Å². The SMILES string of the molecule is COc1ccc2[nH]cc(C(C)(C)C(=O)NCc3ccc4c(c3)OCO4)c2c1. The third-order valence-electron chi connectivity index (χ3n) is 5.02. The van der Waals surface area contributed by atoms with Gasteiger partial charge in [0.05, 0.1) is 12.5 Å². The summed E-state index contributed by atoms with van der Waals surface area (Å²) in [6.07, 6.45) is 1.89. The molecule has 1 aromatic heterocycles. The van der Waals surface area contributed by atoms with Crippen molar-refractivity contribution in [3.05, 3.63) is 53.7 Å². The summed E-state index contributed by atoms with van der Waals surface area (Å²) < 4.78 is 16.0. The standard InChI is InChI=1S/C21H22N2O4/c1-21(2,16-11-22-17-6-5-14(25-3)9-15(16)17)20(24)23-10-13-4-7-18-19(8-13)27-12-26-18/h4-9,11,22H,10,12H2,1-3H3,(H,23,24). The zero-order valence-electron chi connectivity index (χ0n) is 15.6. The summed E-state index contributed by atoms with van der Waals surface area (Å²) in [7, 11) is 1.64. The fraction of sp³-hybridized carbons (Fsp3) is 0.286. The van der Waals surface area contributed by atoms with Crippen LogP contribution in [0.5, 0.6) is 17.2 Å². The summed E-state index contributed by atoms with van der Waals surface area (Å²) in [5, 5.41) is 4.02. The van der Waals surface area contributed by atoms with Crippen molar-refractivity contribution in [2.24, 2.45) is 0 Å². The van der Waals surface area contributed by atoms with Crippen molar-refractivity contribution in [2.75, 3.05) is 13.9 Å². The molecule has 0 unspecified atom stereocenters. The molecule has 0 aliphatic carbocycles. The number of H-pyrrole nitrogens is 1. The van der Waals surface area contributed by atoms with Crippen LogP contribution in [0.2, 0.25) is 0 Å². The molecule has 3 aromatic rings. The van der Waals surface area contributed by atoms with Crippen molar-refractivity contribution in [2.45, 2.75) is 25.8 Å². The molecule has 2 aromatic carbocycles. The highest BCUT2D eigenvalue weighted by Crippen LogP contribution is 2.34. The number of aromatic amines is 1. The minimum atomic E-state index is -0.707. The number of carbonyl (C=O) groups excluding carboxylic acids is 1. The van der Waals surface area contributed by atoms with Crippen LogP contribution in [0.3, 0.4) is 0 Å². The van der Waals surface area contributed by atoms with Crippen LogP contribution < -0.4 is 19.5 Å². The molecule has 0 radical (unpaired) electrons. The maximum absolute atomic E-state index is 13.0. The summed E-state index contributed by atoms with van der Waals surface area (Å²) in [5.74, 6) is 2.16. The molecule has 0 bridgehead atoms. The lowest BCUT2D eigenvalue weighted by atomic mass is 9.83. The number of amides is 1. The van der Waals surface area contributed by atoms with Gasteiger partial charge in [-0.1, -0.05) is 6.07 Å². The Hall–Kier alpha value is -3.15. The van der Waals surface area contributed by atoms with Gasteiger partial charge in [-0.05, 0) is 55.3 Å². The van der Waals surface area contributed by atoms with Crippen molar-refractivity contribution in [3.63, 3.8) is 0 Å². The van der Waals surface area contributed by atoms with Crippen LogP contribution in [-0.2, 0) is 16.8 Å². The van der Waals surface area contributed by atoms with E-state index in [1.54, 1.807) is 7.11 Å². The van der Waals surface area contributed by atoms with E-state index in [-0.39, 0.29) is 12.7 Å². The van der Waals surface area contributed by atoms with Gasteiger partial charge in [0.15, 0.2) is 11.5 Å². The maximum atomic E-state index is 13.0. The third kappa shape index (κ3) is 3.07. The summed E-state index contributed by atoms with van der Waals surface area (Å²) in [4.78, 5) is 16.2. The van der Waals surface area contributed by atoms with Crippen LogP contribution in [0.25, 0.3) is 10.9 Å². The Morgan fingerprint density at radius 2 is 2.00 bits per heavy atom. The molecule has 0 spiro atoms. The molecule has 1 amide bonds. The lowest BCUT2D eigenvalue weighted by molar-refractivity contribution is -0.125. The Morgan fingerprint density at radius 1 is 1.19 bits per heavy atom. The van der Waals surface area contributed by atoms with E-state index in [1.807, 2.05) is 56.4 Å². The van der Waals surface area contributed by atoms with Gasteiger partial charge in [-0.3, -0.25) is 4.79 Å². The predicted molar refractivity (Wildman–Crippen MR) is 102 cm³/mol. The van der Waals surface area contributed by atoms with Crippen LogP contribution >= 0.6 is 0 Å². The molecule has 1 aliphatic heterocycles. The first kappa shape index (κ1) is 17.3. The molecule has 27 heavy (non-hydrogen) atoms. The number of fused-ring (bicyclic) bond motifs is 2. The molecule has 0 fully saturated rings. The predicted octanol–water partition coefficient (Wildman–Crippen LogP) is 3.50. The van der Waals surface area contributed by atoms with Crippen LogP contribution in [-0.4, -0.2) is 24.8 Å². The average molecular weight is 366 g/mol. The number of benzene rings is 2. The molecule has 0 saturated carbocycles. The summed E-state index contributed by atoms with van der Waals surface area (Å²) in [6, 6.07) is 11.5. The Kier molecular flexibility index (Phi) is 4.18. The van der Waals surface area contributed by atoms with E-state index in [0.717, 1.165) is 33.5 Å². The minimum Gasteiger partial charge on any atom is -0.497 e. The topological polar surface area (TPSA) is 72.6 Å². The molecule has 6 nitrogen and oxygen atoms in total. The third-order valence-corrected chi connectivity index (χ3v) is 5.02. The summed E-state index contributed by atoms with van der Waals surface area (Å²) >= 11 is 0. The van der Waals surface area contributed by atoms with Crippen LogP contribution in [0.4, 0.5) is 0 Å². The highest BCUT2D eigenvalue weighted by atomic mass is 16.7. The Labute approximate surface area is 157 Å². The second-order valence-corrected chi connectivity index (χ2v) is 7.11. The summed E-state index contributed by atoms with van der Waals surface area (Å²) in [6.45, 7) is 4.50. The molecule has 2 N–H and O–H groups in total.